The van der Waals surface area contributed by atoms with Gasteiger partial charge in [0.1, 0.15) is 12.4 Å². The summed E-state index contributed by atoms with van der Waals surface area (Å²) in [7, 11) is 1.97. The van der Waals surface area contributed by atoms with Crippen molar-refractivity contribution in [2.24, 2.45) is 5.92 Å². The molecule has 1 fully saturated rings. The summed E-state index contributed by atoms with van der Waals surface area (Å²) >= 11 is 0. The van der Waals surface area contributed by atoms with E-state index < -0.39 is 0 Å². The van der Waals surface area contributed by atoms with Crippen LogP contribution in [-0.4, -0.2) is 37.5 Å². The summed E-state index contributed by atoms with van der Waals surface area (Å²) in [5.41, 5.74) is 3.06. The first-order valence-electron chi connectivity index (χ1n) is 9.38. The Morgan fingerprint density at radius 3 is 2.88 bits per heavy atom. The molecule has 1 saturated heterocycles. The molecule has 1 aliphatic heterocycles. The van der Waals surface area contributed by atoms with Crippen molar-refractivity contribution >= 4 is 5.91 Å². The largest absolute Gasteiger partial charge is 0.489 e. The number of amides is 1. The number of nitrogens with one attached hydrogen (secondary N) is 1. The fourth-order valence-corrected chi connectivity index (χ4v) is 3.57. The quantitative estimate of drug-likeness (QED) is 0.863. The van der Waals surface area contributed by atoms with Gasteiger partial charge in [0.05, 0.1) is 0 Å². The lowest BCUT2D eigenvalue weighted by Crippen LogP contribution is -2.42. The minimum Gasteiger partial charge on any atom is -0.489 e. The molecule has 2 aromatic rings. The molecule has 3 rings (SSSR count). The number of ether oxygens (including phenoxy) is 1. The fourth-order valence-electron chi connectivity index (χ4n) is 3.57. The van der Waals surface area contributed by atoms with Crippen LogP contribution < -0.4 is 10.1 Å². The third kappa shape index (κ3) is 4.85. The van der Waals surface area contributed by atoms with Gasteiger partial charge in [-0.25, -0.2) is 0 Å². The zero-order valence-electron chi connectivity index (χ0n) is 15.7. The summed E-state index contributed by atoms with van der Waals surface area (Å²) in [6, 6.07) is 15.8. The Bertz CT molecular complexity index is 742. The van der Waals surface area contributed by atoms with Crippen LogP contribution in [0.25, 0.3) is 0 Å². The molecule has 1 N–H and O–H groups in total. The number of rotatable bonds is 6. The number of carbonyl (C=O) groups is 1. The number of piperidine rings is 1. The van der Waals surface area contributed by atoms with Crippen LogP contribution in [0.4, 0.5) is 0 Å². The van der Waals surface area contributed by atoms with Gasteiger partial charge in [-0.15, -0.1) is 0 Å². The molecule has 1 atom stereocenters. The predicted octanol–water partition coefficient (Wildman–Crippen LogP) is 3.65. The van der Waals surface area contributed by atoms with Crippen LogP contribution in [0.1, 0.15) is 34.3 Å². The van der Waals surface area contributed by atoms with Crippen LogP contribution >= 0.6 is 0 Å². The Labute approximate surface area is 156 Å². The molecule has 2 aromatic carbocycles. The Balaban J connectivity index is 1.63. The van der Waals surface area contributed by atoms with Crippen LogP contribution in [0.2, 0.25) is 0 Å². The number of aryl methyl sites for hydroxylation is 1. The molecule has 0 saturated carbocycles. The Morgan fingerprint density at radius 1 is 1.23 bits per heavy atom. The summed E-state index contributed by atoms with van der Waals surface area (Å²) < 4.78 is 5.90. The van der Waals surface area contributed by atoms with Crippen LogP contribution in [-0.2, 0) is 6.61 Å². The highest BCUT2D eigenvalue weighted by molar-refractivity contribution is 5.94. The maximum atomic E-state index is 12.9. The molecular weight excluding hydrogens is 324 g/mol. The Hall–Kier alpha value is -2.33. The first kappa shape index (κ1) is 18.5. The van der Waals surface area contributed by atoms with Gasteiger partial charge in [0.2, 0.25) is 0 Å². The van der Waals surface area contributed by atoms with Crippen LogP contribution in [0.5, 0.6) is 5.75 Å². The minimum atomic E-state index is 0.104. The van der Waals surface area contributed by atoms with E-state index in [0.29, 0.717) is 18.1 Å². The van der Waals surface area contributed by atoms with Gasteiger partial charge in [-0.05, 0) is 63.0 Å². The molecule has 4 nitrogen and oxygen atoms in total. The van der Waals surface area contributed by atoms with Gasteiger partial charge < -0.3 is 15.0 Å². The molecule has 1 aliphatic rings. The third-order valence-electron chi connectivity index (χ3n) is 4.87. The lowest BCUT2D eigenvalue weighted by Gasteiger charge is -2.32. The number of benzene rings is 2. The van der Waals surface area contributed by atoms with E-state index in [9.17, 15) is 4.79 Å². The predicted molar refractivity (Wildman–Crippen MR) is 105 cm³/mol. The van der Waals surface area contributed by atoms with E-state index >= 15 is 0 Å². The SMILES string of the molecule is CNCC1CCCN(C(=O)c2cccc(OCc3cccc(C)c3)c2)C1. The average Bonchev–Trinajstić information content (AvgIpc) is 2.67. The fraction of sp³-hybridized carbons (Fsp3) is 0.409. The topological polar surface area (TPSA) is 41.6 Å². The van der Waals surface area contributed by atoms with Crippen molar-refractivity contribution in [3.05, 3.63) is 65.2 Å². The molecule has 0 radical (unpaired) electrons. The summed E-state index contributed by atoms with van der Waals surface area (Å²) in [6.45, 7) is 5.21. The van der Waals surface area contributed by atoms with Crippen molar-refractivity contribution in [2.45, 2.75) is 26.4 Å². The molecule has 1 unspecified atom stereocenters. The molecule has 138 valence electrons. The summed E-state index contributed by atoms with van der Waals surface area (Å²) in [5.74, 6) is 1.38. The first-order chi connectivity index (χ1) is 12.7. The first-order valence-corrected chi connectivity index (χ1v) is 9.38. The highest BCUT2D eigenvalue weighted by Gasteiger charge is 2.24. The van der Waals surface area contributed by atoms with Crippen LogP contribution in [0, 0.1) is 12.8 Å². The molecule has 1 amide bonds. The Morgan fingerprint density at radius 2 is 2.08 bits per heavy atom. The number of hydrogen-bond acceptors (Lipinski definition) is 3. The van der Waals surface area contributed by atoms with Crippen LogP contribution in [0.3, 0.4) is 0 Å². The lowest BCUT2D eigenvalue weighted by molar-refractivity contribution is 0.0674. The maximum Gasteiger partial charge on any atom is 0.253 e. The third-order valence-corrected chi connectivity index (χ3v) is 4.87. The van der Waals surface area contributed by atoms with Crippen molar-refractivity contribution in [3.63, 3.8) is 0 Å². The molecule has 26 heavy (non-hydrogen) atoms. The van der Waals surface area contributed by atoms with E-state index in [2.05, 4.69) is 30.4 Å². The normalized spacial score (nSPS) is 17.2. The van der Waals surface area contributed by atoms with E-state index in [1.54, 1.807) is 0 Å². The second-order valence-corrected chi connectivity index (χ2v) is 7.12. The summed E-state index contributed by atoms with van der Waals surface area (Å²) in [5, 5.41) is 3.22. The van der Waals surface area contributed by atoms with Gasteiger partial charge in [0, 0.05) is 18.7 Å². The second-order valence-electron chi connectivity index (χ2n) is 7.12. The monoisotopic (exact) mass is 352 g/mol. The molecule has 0 spiro atoms. The van der Waals surface area contributed by atoms with Crippen molar-refractivity contribution < 1.29 is 9.53 Å². The van der Waals surface area contributed by atoms with E-state index in [1.165, 1.54) is 12.0 Å². The summed E-state index contributed by atoms with van der Waals surface area (Å²) in [6.07, 6.45) is 2.26. The zero-order valence-corrected chi connectivity index (χ0v) is 15.7. The van der Waals surface area contributed by atoms with Crippen molar-refractivity contribution in [2.75, 3.05) is 26.7 Å². The number of hydrogen-bond donors (Lipinski definition) is 1. The number of likely N-dealkylation sites (tertiary alicyclic amines) is 1. The zero-order chi connectivity index (χ0) is 18.4. The molecule has 0 aromatic heterocycles. The maximum absolute atomic E-state index is 12.9. The highest BCUT2D eigenvalue weighted by Crippen LogP contribution is 2.21. The number of carbonyl (C=O) groups excluding carboxylic acids is 1. The van der Waals surface area contributed by atoms with E-state index in [1.807, 2.05) is 42.3 Å². The lowest BCUT2D eigenvalue weighted by atomic mass is 9.97. The van der Waals surface area contributed by atoms with E-state index in [4.69, 9.17) is 4.74 Å². The Kier molecular flexibility index (Phi) is 6.29. The molecule has 0 aliphatic carbocycles. The molecule has 1 heterocycles. The smallest absolute Gasteiger partial charge is 0.253 e. The summed E-state index contributed by atoms with van der Waals surface area (Å²) in [4.78, 5) is 14.8. The van der Waals surface area contributed by atoms with E-state index in [0.717, 1.165) is 37.4 Å². The second kappa shape index (κ2) is 8.86. The van der Waals surface area contributed by atoms with Crippen molar-refractivity contribution in [1.29, 1.82) is 0 Å². The van der Waals surface area contributed by atoms with Gasteiger partial charge in [-0.2, -0.15) is 0 Å². The highest BCUT2D eigenvalue weighted by atomic mass is 16.5. The van der Waals surface area contributed by atoms with Gasteiger partial charge in [-0.3, -0.25) is 4.79 Å². The molecule has 0 bridgehead atoms. The number of nitrogens with zero attached hydrogens (tertiary/aromatic N) is 1. The van der Waals surface area contributed by atoms with Crippen molar-refractivity contribution in [3.8, 4) is 5.75 Å². The van der Waals surface area contributed by atoms with E-state index in [-0.39, 0.29) is 5.91 Å². The standard InChI is InChI=1S/C22H28N2O2/c1-17-6-3-7-18(12-17)16-26-21-10-4-9-20(13-21)22(25)24-11-5-8-19(15-24)14-23-2/h3-4,6-7,9-10,12-13,19,23H,5,8,11,14-16H2,1-2H3. The van der Waals surface area contributed by atoms with Gasteiger partial charge in [0.25, 0.3) is 5.91 Å². The van der Waals surface area contributed by atoms with Crippen LogP contribution in [0.15, 0.2) is 48.5 Å². The average molecular weight is 352 g/mol. The van der Waals surface area contributed by atoms with Gasteiger partial charge in [-0.1, -0.05) is 35.9 Å². The van der Waals surface area contributed by atoms with Gasteiger partial charge >= 0.3 is 0 Å². The molecular formula is C22H28N2O2. The molecule has 4 heteroatoms. The van der Waals surface area contributed by atoms with Gasteiger partial charge in [0.15, 0.2) is 0 Å². The van der Waals surface area contributed by atoms with Crippen molar-refractivity contribution in [1.82, 2.24) is 10.2 Å². The minimum absolute atomic E-state index is 0.104.